The third kappa shape index (κ3) is 3.60. The molecule has 0 saturated carbocycles. The molecule has 0 spiro atoms. The van der Waals surface area contributed by atoms with E-state index in [1.165, 1.54) is 25.4 Å². The zero-order valence-electron chi connectivity index (χ0n) is 14.1. The van der Waals surface area contributed by atoms with Gasteiger partial charge in [-0.15, -0.1) is 11.3 Å². The summed E-state index contributed by atoms with van der Waals surface area (Å²) in [6.07, 6.45) is 5.90. The van der Waals surface area contributed by atoms with Crippen molar-refractivity contribution in [1.29, 1.82) is 0 Å². The van der Waals surface area contributed by atoms with Crippen LogP contribution >= 0.6 is 11.3 Å². The number of aromatic nitrogens is 3. The Morgan fingerprint density at radius 1 is 1.24 bits per heavy atom. The number of nitrogens with zero attached hydrogens (tertiary/aromatic N) is 3. The van der Waals surface area contributed by atoms with Crippen molar-refractivity contribution in [3.63, 3.8) is 0 Å². The van der Waals surface area contributed by atoms with Crippen molar-refractivity contribution in [1.82, 2.24) is 18.8 Å². The van der Waals surface area contributed by atoms with Crippen LogP contribution in [0.1, 0.15) is 28.4 Å². The monoisotopic (exact) mass is 384 g/mol. The van der Waals surface area contributed by atoms with Gasteiger partial charge in [-0.3, -0.25) is 9.36 Å². The molecule has 0 aromatic carbocycles. The summed E-state index contributed by atoms with van der Waals surface area (Å²) < 4.78 is 29.1. The molecule has 10 heteroatoms. The van der Waals surface area contributed by atoms with Crippen LogP contribution in [-0.2, 0) is 43.4 Å². The van der Waals surface area contributed by atoms with E-state index in [0.717, 1.165) is 45.3 Å². The molecule has 1 aliphatic carbocycles. The highest BCUT2D eigenvalue weighted by Gasteiger charge is 2.21. The molecule has 1 aliphatic rings. The Morgan fingerprint density at radius 2 is 1.96 bits per heavy atom. The van der Waals surface area contributed by atoms with Crippen LogP contribution in [0.15, 0.2) is 20.7 Å². The molecule has 25 heavy (non-hydrogen) atoms. The lowest BCUT2D eigenvalue weighted by atomic mass is 10.0. The molecule has 0 fully saturated rings. The van der Waals surface area contributed by atoms with E-state index in [1.54, 1.807) is 11.3 Å². The minimum absolute atomic E-state index is 0.153. The predicted octanol–water partition coefficient (Wildman–Crippen LogP) is -0.0597. The standard InChI is InChI=1S/C15H20N4O4S2/c1-18-9-12(14(20)19(2)15(18)21)25(22,23)16-8-7-13-17-10-5-3-4-6-11(10)24-13/h9,16H,3-8H2,1-2H3. The summed E-state index contributed by atoms with van der Waals surface area (Å²) in [7, 11) is -1.33. The van der Waals surface area contributed by atoms with Gasteiger partial charge in [0.1, 0.15) is 0 Å². The Bertz CT molecular complexity index is 994. The van der Waals surface area contributed by atoms with E-state index in [-0.39, 0.29) is 6.54 Å². The van der Waals surface area contributed by atoms with E-state index in [1.807, 2.05) is 0 Å². The van der Waals surface area contributed by atoms with E-state index in [0.29, 0.717) is 6.42 Å². The van der Waals surface area contributed by atoms with Gasteiger partial charge in [0.25, 0.3) is 5.56 Å². The molecule has 2 aromatic rings. The average molecular weight is 384 g/mol. The molecule has 3 rings (SSSR count). The number of aryl methyl sites for hydroxylation is 3. The van der Waals surface area contributed by atoms with Crippen molar-refractivity contribution in [2.75, 3.05) is 6.54 Å². The van der Waals surface area contributed by atoms with Crippen LogP contribution in [0.25, 0.3) is 0 Å². The maximum absolute atomic E-state index is 12.4. The van der Waals surface area contributed by atoms with Crippen LogP contribution in [-0.4, -0.2) is 29.1 Å². The lowest BCUT2D eigenvalue weighted by Gasteiger charge is -2.08. The highest BCUT2D eigenvalue weighted by molar-refractivity contribution is 7.89. The van der Waals surface area contributed by atoms with Crippen molar-refractivity contribution < 1.29 is 8.42 Å². The number of nitrogens with one attached hydrogen (secondary N) is 1. The van der Waals surface area contributed by atoms with Gasteiger partial charge >= 0.3 is 5.69 Å². The van der Waals surface area contributed by atoms with Crippen molar-refractivity contribution >= 4 is 21.4 Å². The molecule has 0 radical (unpaired) electrons. The third-order valence-electron chi connectivity index (χ3n) is 4.23. The number of hydrogen-bond acceptors (Lipinski definition) is 6. The summed E-state index contributed by atoms with van der Waals surface area (Å²) in [5.41, 5.74) is -0.265. The van der Waals surface area contributed by atoms with Crippen LogP contribution in [0.2, 0.25) is 0 Å². The van der Waals surface area contributed by atoms with E-state index in [4.69, 9.17) is 0 Å². The van der Waals surface area contributed by atoms with Gasteiger partial charge in [-0.05, 0) is 25.7 Å². The fourth-order valence-corrected chi connectivity index (χ4v) is 5.19. The molecule has 0 unspecified atom stereocenters. The van der Waals surface area contributed by atoms with E-state index in [9.17, 15) is 18.0 Å². The first-order chi connectivity index (χ1) is 11.8. The maximum Gasteiger partial charge on any atom is 0.330 e. The first-order valence-electron chi connectivity index (χ1n) is 8.03. The minimum Gasteiger partial charge on any atom is -0.302 e. The molecular formula is C15H20N4O4S2. The molecule has 136 valence electrons. The fourth-order valence-electron chi connectivity index (χ4n) is 2.84. The molecule has 0 amide bonds. The van der Waals surface area contributed by atoms with Crippen molar-refractivity contribution in [3.8, 4) is 0 Å². The summed E-state index contributed by atoms with van der Waals surface area (Å²) in [6.45, 7) is 0.153. The van der Waals surface area contributed by atoms with Gasteiger partial charge in [-0.25, -0.2) is 22.9 Å². The number of hydrogen-bond donors (Lipinski definition) is 1. The summed E-state index contributed by atoms with van der Waals surface area (Å²) in [6, 6.07) is 0. The van der Waals surface area contributed by atoms with Crippen LogP contribution in [0, 0.1) is 0 Å². The first-order valence-corrected chi connectivity index (χ1v) is 10.3. The Labute approximate surface area is 149 Å². The summed E-state index contributed by atoms with van der Waals surface area (Å²) >= 11 is 1.63. The molecular weight excluding hydrogens is 364 g/mol. The highest BCUT2D eigenvalue weighted by atomic mass is 32.2. The van der Waals surface area contributed by atoms with Crippen molar-refractivity contribution in [3.05, 3.63) is 42.6 Å². The fraction of sp³-hybridized carbons (Fsp3) is 0.533. The molecule has 0 bridgehead atoms. The van der Waals surface area contributed by atoms with Crippen LogP contribution in [0.3, 0.4) is 0 Å². The molecule has 1 N–H and O–H groups in total. The van der Waals surface area contributed by atoms with Gasteiger partial charge in [0.15, 0.2) is 4.90 Å². The summed E-state index contributed by atoms with van der Waals surface area (Å²) in [5, 5.41) is 0.906. The zero-order valence-corrected chi connectivity index (χ0v) is 15.7. The Kier molecular flexibility index (Phi) is 4.94. The summed E-state index contributed by atoms with van der Waals surface area (Å²) in [5.74, 6) is 0. The lowest BCUT2D eigenvalue weighted by Crippen LogP contribution is -2.41. The second-order valence-corrected chi connectivity index (χ2v) is 8.99. The molecule has 0 atom stereocenters. The second-order valence-electron chi connectivity index (χ2n) is 6.08. The number of rotatable bonds is 5. The van der Waals surface area contributed by atoms with E-state index in [2.05, 4.69) is 9.71 Å². The minimum atomic E-state index is -3.99. The van der Waals surface area contributed by atoms with Crippen molar-refractivity contribution in [2.45, 2.75) is 37.0 Å². The van der Waals surface area contributed by atoms with Gasteiger partial charge in [0, 0.05) is 38.1 Å². The largest absolute Gasteiger partial charge is 0.330 e. The van der Waals surface area contributed by atoms with Crippen LogP contribution in [0.4, 0.5) is 0 Å². The van der Waals surface area contributed by atoms with Gasteiger partial charge < -0.3 is 4.57 Å². The van der Waals surface area contributed by atoms with Gasteiger partial charge in [-0.2, -0.15) is 0 Å². The SMILES string of the molecule is Cn1cc(S(=O)(=O)NCCc2nc3c(s2)CCCC3)c(=O)n(C)c1=O. The van der Waals surface area contributed by atoms with Gasteiger partial charge in [-0.1, -0.05) is 0 Å². The zero-order chi connectivity index (χ0) is 18.2. The third-order valence-corrected chi connectivity index (χ3v) is 6.89. The topological polar surface area (TPSA) is 103 Å². The van der Waals surface area contributed by atoms with E-state index < -0.39 is 26.2 Å². The Hall–Kier alpha value is -1.78. The number of fused-ring (bicyclic) bond motifs is 1. The Morgan fingerprint density at radius 3 is 2.68 bits per heavy atom. The average Bonchev–Trinajstić information content (AvgIpc) is 2.98. The van der Waals surface area contributed by atoms with Crippen molar-refractivity contribution in [2.24, 2.45) is 14.1 Å². The normalized spacial score (nSPS) is 14.5. The quantitative estimate of drug-likeness (QED) is 0.778. The van der Waals surface area contributed by atoms with Crippen LogP contribution < -0.4 is 16.0 Å². The molecule has 8 nitrogen and oxygen atoms in total. The highest BCUT2D eigenvalue weighted by Crippen LogP contribution is 2.26. The van der Waals surface area contributed by atoms with Gasteiger partial charge in [0.05, 0.1) is 10.7 Å². The van der Waals surface area contributed by atoms with E-state index >= 15 is 0 Å². The molecule has 0 saturated heterocycles. The number of sulfonamides is 1. The molecule has 0 aliphatic heterocycles. The lowest BCUT2D eigenvalue weighted by molar-refractivity contribution is 0.571. The number of thiazole rings is 1. The smallest absolute Gasteiger partial charge is 0.302 e. The van der Waals surface area contributed by atoms with Gasteiger partial charge in [0.2, 0.25) is 10.0 Å². The first kappa shape index (κ1) is 18.0. The maximum atomic E-state index is 12.4. The molecule has 2 aromatic heterocycles. The van der Waals surface area contributed by atoms with Crippen LogP contribution in [0.5, 0.6) is 0 Å². The summed E-state index contributed by atoms with van der Waals surface area (Å²) in [4.78, 5) is 29.2. The molecule has 2 heterocycles. The Balaban J connectivity index is 1.73. The second kappa shape index (κ2) is 6.85. The predicted molar refractivity (Wildman–Crippen MR) is 94.6 cm³/mol.